The van der Waals surface area contributed by atoms with E-state index >= 15 is 0 Å². The average Bonchev–Trinajstić information content (AvgIpc) is 3.56. The first kappa shape index (κ1) is 21.3. The van der Waals surface area contributed by atoms with Crippen LogP contribution in [0.4, 0.5) is 0 Å². The number of carbonyl (C=O) groups is 1. The molecule has 9 heteroatoms. The van der Waals surface area contributed by atoms with Crippen molar-refractivity contribution in [3.05, 3.63) is 82.6 Å². The van der Waals surface area contributed by atoms with Crippen LogP contribution in [0.2, 0.25) is 0 Å². The molecule has 1 amide bonds. The van der Waals surface area contributed by atoms with Gasteiger partial charge in [-0.3, -0.25) is 14.7 Å². The Morgan fingerprint density at radius 2 is 1.94 bits per heavy atom. The number of piperazine rings is 1. The highest BCUT2D eigenvalue weighted by Crippen LogP contribution is 2.20. The highest BCUT2D eigenvalue weighted by Gasteiger charge is 2.23. The van der Waals surface area contributed by atoms with Gasteiger partial charge in [0, 0.05) is 60.6 Å². The van der Waals surface area contributed by atoms with Gasteiger partial charge in [-0.1, -0.05) is 11.2 Å². The maximum absolute atomic E-state index is 12.9. The van der Waals surface area contributed by atoms with E-state index in [4.69, 9.17) is 9.26 Å². The number of ether oxygens (including phenoxy) is 1. The standard InChI is InChI=1S/C24H23N5O3S/c30-24(19-3-5-21(6-4-19)31-16-18-2-1-8-25-14-18)29-11-9-28(10-12-29)15-22-26-23(27-32-22)20-7-13-33-17-20/h1-8,13-14,17H,9-12,15-16H2. The summed E-state index contributed by atoms with van der Waals surface area (Å²) in [5.41, 5.74) is 2.63. The molecule has 4 aromatic rings. The number of amides is 1. The lowest BCUT2D eigenvalue weighted by Crippen LogP contribution is -2.48. The van der Waals surface area contributed by atoms with Crippen LogP contribution in [0.5, 0.6) is 5.75 Å². The van der Waals surface area contributed by atoms with Gasteiger partial charge in [-0.2, -0.15) is 16.3 Å². The molecule has 8 nitrogen and oxygen atoms in total. The summed E-state index contributed by atoms with van der Waals surface area (Å²) in [6, 6.07) is 13.1. The molecule has 1 aliphatic heterocycles. The van der Waals surface area contributed by atoms with Crippen LogP contribution in [0.1, 0.15) is 21.8 Å². The Balaban J connectivity index is 1.11. The third-order valence-electron chi connectivity index (χ3n) is 5.50. The van der Waals surface area contributed by atoms with Crippen molar-refractivity contribution in [2.24, 2.45) is 0 Å². The SMILES string of the molecule is O=C(c1ccc(OCc2cccnc2)cc1)N1CCN(Cc2nc(-c3ccsc3)no2)CC1. The number of aromatic nitrogens is 3. The van der Waals surface area contributed by atoms with Gasteiger partial charge in [-0.25, -0.2) is 0 Å². The summed E-state index contributed by atoms with van der Waals surface area (Å²) in [5, 5.41) is 8.05. The molecule has 0 aliphatic carbocycles. The molecule has 0 spiro atoms. The number of benzene rings is 1. The molecule has 3 aromatic heterocycles. The molecule has 0 N–H and O–H groups in total. The average molecular weight is 462 g/mol. The molecule has 1 aromatic carbocycles. The lowest BCUT2D eigenvalue weighted by atomic mass is 10.1. The normalized spacial score (nSPS) is 14.4. The fourth-order valence-corrected chi connectivity index (χ4v) is 4.29. The van der Waals surface area contributed by atoms with Crippen molar-refractivity contribution in [1.29, 1.82) is 0 Å². The van der Waals surface area contributed by atoms with Crippen LogP contribution in [-0.2, 0) is 13.2 Å². The van der Waals surface area contributed by atoms with Gasteiger partial charge in [-0.15, -0.1) is 0 Å². The Morgan fingerprint density at radius 1 is 1.09 bits per heavy atom. The molecular weight excluding hydrogens is 438 g/mol. The van der Waals surface area contributed by atoms with E-state index in [1.54, 1.807) is 23.7 Å². The number of rotatable bonds is 7. The van der Waals surface area contributed by atoms with Gasteiger partial charge < -0.3 is 14.2 Å². The fraction of sp³-hybridized carbons (Fsp3) is 0.250. The quantitative estimate of drug-likeness (QED) is 0.415. The molecular formula is C24H23N5O3S. The van der Waals surface area contributed by atoms with E-state index in [2.05, 4.69) is 20.0 Å². The number of carbonyl (C=O) groups excluding carboxylic acids is 1. The highest BCUT2D eigenvalue weighted by atomic mass is 32.1. The van der Waals surface area contributed by atoms with E-state index in [1.165, 1.54) is 0 Å². The molecule has 0 radical (unpaired) electrons. The van der Waals surface area contributed by atoms with E-state index in [-0.39, 0.29) is 5.91 Å². The molecule has 1 saturated heterocycles. The van der Waals surface area contributed by atoms with Crippen molar-refractivity contribution < 1.29 is 14.1 Å². The van der Waals surface area contributed by atoms with Crippen LogP contribution >= 0.6 is 11.3 Å². The molecule has 1 fully saturated rings. The summed E-state index contributed by atoms with van der Waals surface area (Å²) in [6.45, 7) is 3.86. The second-order valence-electron chi connectivity index (χ2n) is 7.77. The zero-order valence-corrected chi connectivity index (χ0v) is 18.8. The highest BCUT2D eigenvalue weighted by molar-refractivity contribution is 7.08. The maximum Gasteiger partial charge on any atom is 0.253 e. The van der Waals surface area contributed by atoms with Crippen LogP contribution in [0.25, 0.3) is 11.4 Å². The largest absolute Gasteiger partial charge is 0.489 e. The van der Waals surface area contributed by atoms with E-state index < -0.39 is 0 Å². The molecule has 4 heterocycles. The van der Waals surface area contributed by atoms with Gasteiger partial charge in [0.2, 0.25) is 11.7 Å². The van der Waals surface area contributed by atoms with E-state index in [1.807, 2.05) is 58.1 Å². The number of hydrogen-bond donors (Lipinski definition) is 0. The molecule has 33 heavy (non-hydrogen) atoms. The number of nitrogens with zero attached hydrogens (tertiary/aromatic N) is 5. The monoisotopic (exact) mass is 461 g/mol. The van der Waals surface area contributed by atoms with Crippen molar-refractivity contribution in [3.63, 3.8) is 0 Å². The van der Waals surface area contributed by atoms with Crippen LogP contribution < -0.4 is 4.74 Å². The first-order valence-corrected chi connectivity index (χ1v) is 11.7. The lowest BCUT2D eigenvalue weighted by molar-refractivity contribution is 0.0615. The second kappa shape index (κ2) is 9.93. The lowest BCUT2D eigenvalue weighted by Gasteiger charge is -2.34. The van der Waals surface area contributed by atoms with Gasteiger partial charge in [-0.05, 0) is 41.8 Å². The third kappa shape index (κ3) is 5.27. The molecule has 0 saturated carbocycles. The first-order chi connectivity index (χ1) is 16.2. The van der Waals surface area contributed by atoms with E-state index in [0.717, 1.165) is 30.0 Å². The molecule has 168 valence electrons. The fourth-order valence-electron chi connectivity index (χ4n) is 3.65. The molecule has 0 bridgehead atoms. The van der Waals surface area contributed by atoms with Crippen molar-refractivity contribution in [2.45, 2.75) is 13.2 Å². The Bertz CT molecular complexity index is 1170. The molecule has 0 atom stereocenters. The zero-order valence-electron chi connectivity index (χ0n) is 18.0. The summed E-state index contributed by atoms with van der Waals surface area (Å²) >= 11 is 1.60. The zero-order chi connectivity index (χ0) is 22.5. The van der Waals surface area contributed by atoms with Crippen molar-refractivity contribution in [1.82, 2.24) is 24.9 Å². The number of hydrogen-bond acceptors (Lipinski definition) is 8. The molecule has 0 unspecified atom stereocenters. The summed E-state index contributed by atoms with van der Waals surface area (Å²) in [5.74, 6) is 1.97. The van der Waals surface area contributed by atoms with Crippen LogP contribution in [-0.4, -0.2) is 57.0 Å². The topological polar surface area (TPSA) is 84.6 Å². The number of pyridine rings is 1. The Labute approximate surface area is 195 Å². The molecule has 5 rings (SSSR count). The van der Waals surface area contributed by atoms with Crippen LogP contribution in [0.15, 0.2) is 70.1 Å². The summed E-state index contributed by atoms with van der Waals surface area (Å²) < 4.78 is 11.2. The Hall–Kier alpha value is -3.56. The smallest absolute Gasteiger partial charge is 0.253 e. The van der Waals surface area contributed by atoms with Crippen molar-refractivity contribution in [3.8, 4) is 17.1 Å². The predicted octanol–water partition coefficient (Wildman–Crippen LogP) is 3.73. The number of thiophene rings is 1. The predicted molar refractivity (Wildman–Crippen MR) is 124 cm³/mol. The van der Waals surface area contributed by atoms with Crippen LogP contribution in [0, 0.1) is 0 Å². The van der Waals surface area contributed by atoms with Crippen molar-refractivity contribution in [2.75, 3.05) is 26.2 Å². The Kier molecular flexibility index (Phi) is 6.41. The molecule has 1 aliphatic rings. The summed E-state index contributed by atoms with van der Waals surface area (Å²) in [6.07, 6.45) is 3.51. The van der Waals surface area contributed by atoms with E-state index in [0.29, 0.717) is 43.5 Å². The third-order valence-corrected chi connectivity index (χ3v) is 6.18. The Morgan fingerprint density at radius 3 is 2.67 bits per heavy atom. The minimum atomic E-state index is 0.0333. The first-order valence-electron chi connectivity index (χ1n) is 10.7. The maximum atomic E-state index is 12.9. The van der Waals surface area contributed by atoms with Gasteiger partial charge in [0.05, 0.1) is 6.54 Å². The van der Waals surface area contributed by atoms with Crippen molar-refractivity contribution >= 4 is 17.2 Å². The minimum Gasteiger partial charge on any atom is -0.489 e. The summed E-state index contributed by atoms with van der Waals surface area (Å²) in [4.78, 5) is 25.6. The second-order valence-corrected chi connectivity index (χ2v) is 8.55. The minimum absolute atomic E-state index is 0.0333. The van der Waals surface area contributed by atoms with E-state index in [9.17, 15) is 4.79 Å². The van der Waals surface area contributed by atoms with Gasteiger partial charge in [0.25, 0.3) is 5.91 Å². The van der Waals surface area contributed by atoms with Gasteiger partial charge >= 0.3 is 0 Å². The summed E-state index contributed by atoms with van der Waals surface area (Å²) in [7, 11) is 0. The van der Waals surface area contributed by atoms with Gasteiger partial charge in [0.15, 0.2) is 0 Å². The van der Waals surface area contributed by atoms with Gasteiger partial charge in [0.1, 0.15) is 12.4 Å². The van der Waals surface area contributed by atoms with Crippen LogP contribution in [0.3, 0.4) is 0 Å².